The fraction of sp³-hybridized carbons (Fsp3) is 0.0417. The van der Waals surface area contributed by atoms with Gasteiger partial charge >= 0.3 is 5.97 Å². The first kappa shape index (κ1) is 21.1. The molecule has 1 aromatic heterocycles. The van der Waals surface area contributed by atoms with Crippen LogP contribution in [0.3, 0.4) is 0 Å². The molecule has 8 heteroatoms. The predicted octanol–water partition coefficient (Wildman–Crippen LogP) is 5.50. The lowest BCUT2D eigenvalue weighted by atomic mass is 10.0. The van der Waals surface area contributed by atoms with Gasteiger partial charge in [-0.1, -0.05) is 66.2 Å². The number of non-ortho nitro benzene ring substituents is 1. The molecule has 0 saturated carbocycles. The molecule has 4 rings (SSSR count). The third kappa shape index (κ3) is 4.33. The normalized spacial score (nSPS) is 10.7. The number of ether oxygens (including phenoxy) is 1. The van der Waals surface area contributed by atoms with Gasteiger partial charge in [-0.15, -0.1) is 0 Å². The van der Waals surface area contributed by atoms with E-state index in [1.165, 1.54) is 18.2 Å². The van der Waals surface area contributed by atoms with Crippen LogP contribution in [0.2, 0.25) is 5.02 Å². The number of carbonyl (C=O) groups excluding carboxylic acids is 2. The highest BCUT2D eigenvalue weighted by Gasteiger charge is 2.19. The second-order valence-corrected chi connectivity index (χ2v) is 7.27. The Morgan fingerprint density at radius 2 is 1.72 bits per heavy atom. The molecular weight excluding hydrogens is 432 g/mol. The fourth-order valence-electron chi connectivity index (χ4n) is 3.22. The van der Waals surface area contributed by atoms with E-state index in [4.69, 9.17) is 16.3 Å². The van der Waals surface area contributed by atoms with Crippen LogP contribution in [0.1, 0.15) is 20.7 Å². The fourth-order valence-corrected chi connectivity index (χ4v) is 3.44. The van der Waals surface area contributed by atoms with E-state index < -0.39 is 23.3 Å². The predicted molar refractivity (Wildman–Crippen MR) is 120 cm³/mol. The standard InChI is InChI=1S/C24H15ClN2O5/c25-20-11-5-10-18-19(13-21(26-23(18)20)15-6-2-1-3-7-15)24(29)32-14-22(28)16-8-4-9-17(12-16)27(30)31/h1-13H,14H2. The number of aromatic nitrogens is 1. The second kappa shape index (κ2) is 8.95. The number of hydrogen-bond acceptors (Lipinski definition) is 6. The Labute approximate surface area is 187 Å². The van der Waals surface area contributed by atoms with E-state index >= 15 is 0 Å². The Hall–Kier alpha value is -4.10. The number of esters is 1. The summed E-state index contributed by atoms with van der Waals surface area (Å²) < 4.78 is 5.25. The van der Waals surface area contributed by atoms with Crippen molar-refractivity contribution in [1.29, 1.82) is 0 Å². The van der Waals surface area contributed by atoms with Crippen LogP contribution in [-0.4, -0.2) is 28.3 Å². The molecular formula is C24H15ClN2O5. The van der Waals surface area contributed by atoms with Crippen LogP contribution in [0.5, 0.6) is 0 Å². The van der Waals surface area contributed by atoms with Crippen LogP contribution < -0.4 is 0 Å². The Morgan fingerprint density at radius 1 is 0.969 bits per heavy atom. The van der Waals surface area contributed by atoms with E-state index in [-0.39, 0.29) is 16.8 Å². The molecule has 3 aromatic carbocycles. The van der Waals surface area contributed by atoms with Crippen molar-refractivity contribution in [2.75, 3.05) is 6.61 Å². The van der Waals surface area contributed by atoms with E-state index in [0.717, 1.165) is 11.6 Å². The van der Waals surface area contributed by atoms with Crippen LogP contribution >= 0.6 is 11.6 Å². The zero-order valence-corrected chi connectivity index (χ0v) is 17.3. The molecule has 0 radical (unpaired) electrons. The minimum Gasteiger partial charge on any atom is -0.454 e. The van der Waals surface area contributed by atoms with Gasteiger partial charge in [-0.25, -0.2) is 9.78 Å². The number of rotatable bonds is 6. The average Bonchev–Trinajstić information content (AvgIpc) is 2.82. The van der Waals surface area contributed by atoms with Crippen molar-refractivity contribution in [3.05, 3.63) is 105 Å². The summed E-state index contributed by atoms with van der Waals surface area (Å²) in [5.41, 5.74) is 1.83. The first-order valence-electron chi connectivity index (χ1n) is 9.53. The Balaban J connectivity index is 1.64. The SMILES string of the molecule is O=C(COC(=O)c1cc(-c2ccccc2)nc2c(Cl)cccc12)c1cccc([N+](=O)[O-])c1. The molecule has 0 fully saturated rings. The van der Waals surface area contributed by atoms with Crippen molar-refractivity contribution in [3.8, 4) is 11.3 Å². The van der Waals surface area contributed by atoms with Gasteiger partial charge in [0.2, 0.25) is 5.78 Å². The number of benzene rings is 3. The number of hydrogen-bond donors (Lipinski definition) is 0. The van der Waals surface area contributed by atoms with Gasteiger partial charge in [-0.2, -0.15) is 0 Å². The minimum absolute atomic E-state index is 0.0830. The van der Waals surface area contributed by atoms with Crippen LogP contribution in [0.4, 0.5) is 5.69 Å². The van der Waals surface area contributed by atoms with Gasteiger partial charge < -0.3 is 4.74 Å². The van der Waals surface area contributed by atoms with Crippen LogP contribution in [-0.2, 0) is 4.74 Å². The molecule has 32 heavy (non-hydrogen) atoms. The number of nitrogens with zero attached hydrogens (tertiary/aromatic N) is 2. The van der Waals surface area contributed by atoms with Crippen molar-refractivity contribution < 1.29 is 19.2 Å². The van der Waals surface area contributed by atoms with Crippen molar-refractivity contribution in [2.24, 2.45) is 0 Å². The number of ketones is 1. The summed E-state index contributed by atoms with van der Waals surface area (Å²) in [5, 5.41) is 11.8. The molecule has 1 heterocycles. The number of Topliss-reactive ketones (excluding diaryl/α,β-unsaturated/α-hetero) is 1. The van der Waals surface area contributed by atoms with Gasteiger partial charge in [-0.05, 0) is 12.1 Å². The van der Waals surface area contributed by atoms with E-state index in [2.05, 4.69) is 4.98 Å². The van der Waals surface area contributed by atoms with Gasteiger partial charge in [0, 0.05) is 28.6 Å². The van der Waals surface area contributed by atoms with Crippen LogP contribution in [0.15, 0.2) is 78.9 Å². The average molecular weight is 447 g/mol. The summed E-state index contributed by atoms with van der Waals surface area (Å²) in [4.78, 5) is 40.2. The number of halogens is 1. The third-order valence-corrected chi connectivity index (χ3v) is 5.10. The molecule has 0 saturated heterocycles. The number of nitro groups is 1. The van der Waals surface area contributed by atoms with Crippen molar-refractivity contribution in [1.82, 2.24) is 4.98 Å². The first-order valence-corrected chi connectivity index (χ1v) is 9.91. The number of pyridine rings is 1. The van der Waals surface area contributed by atoms with Gasteiger partial charge in [0.25, 0.3) is 5.69 Å². The molecule has 7 nitrogen and oxygen atoms in total. The topological polar surface area (TPSA) is 99.4 Å². The number of para-hydroxylation sites is 1. The van der Waals surface area contributed by atoms with Crippen molar-refractivity contribution in [3.63, 3.8) is 0 Å². The van der Waals surface area contributed by atoms with E-state index in [1.54, 1.807) is 24.3 Å². The van der Waals surface area contributed by atoms with Gasteiger partial charge in [0.1, 0.15) is 0 Å². The monoisotopic (exact) mass is 446 g/mol. The van der Waals surface area contributed by atoms with Crippen molar-refractivity contribution in [2.45, 2.75) is 0 Å². The summed E-state index contributed by atoms with van der Waals surface area (Å²) >= 11 is 6.32. The molecule has 0 bridgehead atoms. The van der Waals surface area contributed by atoms with E-state index in [0.29, 0.717) is 21.6 Å². The number of carbonyl (C=O) groups is 2. The second-order valence-electron chi connectivity index (χ2n) is 6.86. The lowest BCUT2D eigenvalue weighted by molar-refractivity contribution is -0.384. The molecule has 0 aliphatic carbocycles. The molecule has 0 aliphatic heterocycles. The maximum Gasteiger partial charge on any atom is 0.339 e. The lowest BCUT2D eigenvalue weighted by Gasteiger charge is -2.11. The summed E-state index contributed by atoms with van der Waals surface area (Å²) in [6.45, 7) is -0.564. The Kier molecular flexibility index (Phi) is 5.91. The summed E-state index contributed by atoms with van der Waals surface area (Å²) in [6, 6.07) is 21.2. The largest absolute Gasteiger partial charge is 0.454 e. The van der Waals surface area contributed by atoms with E-state index in [9.17, 15) is 19.7 Å². The van der Waals surface area contributed by atoms with E-state index in [1.807, 2.05) is 30.3 Å². The number of fused-ring (bicyclic) bond motifs is 1. The quantitative estimate of drug-likeness (QED) is 0.168. The minimum atomic E-state index is -0.726. The molecule has 0 spiro atoms. The van der Waals surface area contributed by atoms with Gasteiger partial charge in [-0.3, -0.25) is 14.9 Å². The van der Waals surface area contributed by atoms with Crippen molar-refractivity contribution >= 4 is 39.9 Å². The molecule has 0 atom stereocenters. The summed E-state index contributed by atoms with van der Waals surface area (Å²) in [6.07, 6.45) is 0. The summed E-state index contributed by atoms with van der Waals surface area (Å²) in [7, 11) is 0. The number of nitro benzene ring substituents is 1. The zero-order valence-electron chi connectivity index (χ0n) is 16.5. The highest BCUT2D eigenvalue weighted by atomic mass is 35.5. The summed E-state index contributed by atoms with van der Waals surface area (Å²) in [5.74, 6) is -1.28. The smallest absolute Gasteiger partial charge is 0.339 e. The van der Waals surface area contributed by atoms with Gasteiger partial charge in [0.05, 0.1) is 26.7 Å². The Morgan fingerprint density at radius 3 is 2.47 bits per heavy atom. The molecule has 4 aromatic rings. The van der Waals surface area contributed by atoms with Crippen LogP contribution in [0, 0.1) is 10.1 Å². The lowest BCUT2D eigenvalue weighted by Crippen LogP contribution is -2.15. The maximum absolute atomic E-state index is 12.9. The molecule has 0 aliphatic rings. The molecule has 158 valence electrons. The molecule has 0 unspecified atom stereocenters. The van der Waals surface area contributed by atoms with Crippen LogP contribution in [0.25, 0.3) is 22.2 Å². The Bertz CT molecular complexity index is 1360. The third-order valence-electron chi connectivity index (χ3n) is 4.79. The van der Waals surface area contributed by atoms with Gasteiger partial charge in [0.15, 0.2) is 6.61 Å². The highest BCUT2D eigenvalue weighted by Crippen LogP contribution is 2.29. The molecule has 0 amide bonds. The first-order chi connectivity index (χ1) is 15.4. The highest BCUT2D eigenvalue weighted by molar-refractivity contribution is 6.35. The molecule has 0 N–H and O–H groups in total. The maximum atomic E-state index is 12.9. The zero-order chi connectivity index (χ0) is 22.7.